The summed E-state index contributed by atoms with van der Waals surface area (Å²) in [6.45, 7) is 6.41. The van der Waals surface area contributed by atoms with Crippen molar-refractivity contribution in [3.63, 3.8) is 0 Å². The summed E-state index contributed by atoms with van der Waals surface area (Å²) in [5.74, 6) is 0. The molecule has 0 heteroatoms. The topological polar surface area (TPSA) is 0 Å². The molecule has 0 nitrogen and oxygen atoms in total. The fourth-order valence-electron chi connectivity index (χ4n) is 2.21. The molecule has 0 amide bonds. The van der Waals surface area contributed by atoms with Crippen LogP contribution in [-0.4, -0.2) is 0 Å². The SMILES string of the molecule is C/C=C(\c1ccccc1)c1ccc(C)cc1C. The highest BCUT2D eigenvalue weighted by atomic mass is 14.1. The average Bonchev–Trinajstić information content (AvgIpc) is 2.34. The second-order valence-corrected chi connectivity index (χ2v) is 4.39. The Morgan fingerprint density at radius 3 is 2.24 bits per heavy atom. The zero-order valence-electron chi connectivity index (χ0n) is 10.7. The normalized spacial score (nSPS) is 11.6. The highest BCUT2D eigenvalue weighted by molar-refractivity contribution is 5.81. The van der Waals surface area contributed by atoms with E-state index in [1.54, 1.807) is 0 Å². The van der Waals surface area contributed by atoms with Crippen molar-refractivity contribution >= 4 is 5.57 Å². The molecule has 2 rings (SSSR count). The van der Waals surface area contributed by atoms with Crippen molar-refractivity contribution in [2.24, 2.45) is 0 Å². The van der Waals surface area contributed by atoms with Crippen LogP contribution in [-0.2, 0) is 0 Å². The third-order valence-electron chi connectivity index (χ3n) is 3.05. The molecule has 0 aliphatic rings. The molecule has 17 heavy (non-hydrogen) atoms. The van der Waals surface area contributed by atoms with Crippen LogP contribution >= 0.6 is 0 Å². The summed E-state index contributed by atoms with van der Waals surface area (Å²) < 4.78 is 0. The maximum Gasteiger partial charge on any atom is -0.0152 e. The molecule has 2 aromatic rings. The van der Waals surface area contributed by atoms with Crippen LogP contribution in [0.3, 0.4) is 0 Å². The molecular formula is C17H18. The Morgan fingerprint density at radius 2 is 1.65 bits per heavy atom. The third kappa shape index (κ3) is 2.47. The van der Waals surface area contributed by atoms with E-state index in [4.69, 9.17) is 0 Å². The lowest BCUT2D eigenvalue weighted by atomic mass is 9.93. The molecule has 86 valence electrons. The average molecular weight is 222 g/mol. The van der Waals surface area contributed by atoms with Gasteiger partial charge in [0, 0.05) is 0 Å². The number of benzene rings is 2. The lowest BCUT2D eigenvalue weighted by Crippen LogP contribution is -1.91. The van der Waals surface area contributed by atoms with Crippen molar-refractivity contribution in [1.29, 1.82) is 0 Å². The van der Waals surface area contributed by atoms with Crippen molar-refractivity contribution in [2.45, 2.75) is 20.8 Å². The summed E-state index contributed by atoms with van der Waals surface area (Å²) in [6, 6.07) is 17.2. The van der Waals surface area contributed by atoms with Crippen LogP contribution < -0.4 is 0 Å². The molecular weight excluding hydrogens is 204 g/mol. The predicted octanol–water partition coefficient (Wildman–Crippen LogP) is 4.76. The molecule has 0 spiro atoms. The smallest absolute Gasteiger partial charge is 0.0152 e. The largest absolute Gasteiger partial charge is 0.0792 e. The van der Waals surface area contributed by atoms with Gasteiger partial charge < -0.3 is 0 Å². The van der Waals surface area contributed by atoms with Crippen molar-refractivity contribution in [1.82, 2.24) is 0 Å². The van der Waals surface area contributed by atoms with E-state index in [1.165, 1.54) is 27.8 Å². The van der Waals surface area contributed by atoms with Crippen LogP contribution in [0.15, 0.2) is 54.6 Å². The van der Waals surface area contributed by atoms with E-state index in [0.29, 0.717) is 0 Å². The predicted molar refractivity (Wildman–Crippen MR) is 75.1 cm³/mol. The number of hydrogen-bond donors (Lipinski definition) is 0. The van der Waals surface area contributed by atoms with Crippen LogP contribution in [0.1, 0.15) is 29.2 Å². The van der Waals surface area contributed by atoms with E-state index >= 15 is 0 Å². The van der Waals surface area contributed by atoms with Gasteiger partial charge in [-0.25, -0.2) is 0 Å². The minimum atomic E-state index is 1.28. The van der Waals surface area contributed by atoms with Crippen molar-refractivity contribution in [2.75, 3.05) is 0 Å². The first-order valence-corrected chi connectivity index (χ1v) is 6.01. The van der Waals surface area contributed by atoms with E-state index in [2.05, 4.69) is 75.4 Å². The summed E-state index contributed by atoms with van der Waals surface area (Å²) in [6.07, 6.45) is 2.19. The molecule has 0 radical (unpaired) electrons. The van der Waals surface area contributed by atoms with Gasteiger partial charge in [0.15, 0.2) is 0 Å². The number of aryl methyl sites for hydroxylation is 2. The first kappa shape index (κ1) is 11.7. The van der Waals surface area contributed by atoms with Crippen LogP contribution in [0.4, 0.5) is 0 Å². The van der Waals surface area contributed by atoms with Gasteiger partial charge in [-0.1, -0.05) is 60.2 Å². The Labute approximate surface area is 104 Å². The first-order valence-electron chi connectivity index (χ1n) is 6.01. The summed E-state index contributed by atoms with van der Waals surface area (Å²) in [5.41, 5.74) is 6.56. The number of allylic oxidation sites excluding steroid dienone is 1. The summed E-state index contributed by atoms with van der Waals surface area (Å²) in [5, 5.41) is 0. The zero-order valence-corrected chi connectivity index (χ0v) is 10.7. The van der Waals surface area contributed by atoms with Gasteiger partial charge >= 0.3 is 0 Å². The molecule has 0 unspecified atom stereocenters. The van der Waals surface area contributed by atoms with Crippen LogP contribution in [0.2, 0.25) is 0 Å². The molecule has 0 aliphatic carbocycles. The summed E-state index contributed by atoms with van der Waals surface area (Å²) in [7, 11) is 0. The minimum Gasteiger partial charge on any atom is -0.0792 e. The Bertz CT molecular complexity index is 533. The van der Waals surface area contributed by atoms with Gasteiger partial charge in [-0.15, -0.1) is 0 Å². The van der Waals surface area contributed by atoms with Gasteiger partial charge in [0.1, 0.15) is 0 Å². The Balaban J connectivity index is 2.51. The van der Waals surface area contributed by atoms with Crippen LogP contribution in [0, 0.1) is 13.8 Å². The van der Waals surface area contributed by atoms with E-state index in [1.807, 2.05) is 0 Å². The van der Waals surface area contributed by atoms with Gasteiger partial charge in [0.25, 0.3) is 0 Å². The fraction of sp³-hybridized carbons (Fsp3) is 0.176. The number of rotatable bonds is 2. The maximum absolute atomic E-state index is 2.24. The Kier molecular flexibility index (Phi) is 3.43. The van der Waals surface area contributed by atoms with Crippen molar-refractivity contribution < 1.29 is 0 Å². The highest BCUT2D eigenvalue weighted by Crippen LogP contribution is 2.26. The molecule has 0 N–H and O–H groups in total. The monoisotopic (exact) mass is 222 g/mol. The summed E-state index contributed by atoms with van der Waals surface area (Å²) >= 11 is 0. The molecule has 0 bridgehead atoms. The Morgan fingerprint density at radius 1 is 0.941 bits per heavy atom. The maximum atomic E-state index is 2.24. The zero-order chi connectivity index (χ0) is 12.3. The summed E-state index contributed by atoms with van der Waals surface area (Å²) in [4.78, 5) is 0. The molecule has 0 saturated carbocycles. The second kappa shape index (κ2) is 5.01. The lowest BCUT2D eigenvalue weighted by molar-refractivity contribution is 1.35. The molecule has 2 aromatic carbocycles. The van der Waals surface area contributed by atoms with E-state index in [9.17, 15) is 0 Å². The third-order valence-corrected chi connectivity index (χ3v) is 3.05. The van der Waals surface area contributed by atoms with E-state index in [-0.39, 0.29) is 0 Å². The molecule has 0 heterocycles. The standard InChI is InChI=1S/C17H18/c1-4-16(15-8-6-5-7-9-15)17-11-10-13(2)12-14(17)3/h4-12H,1-3H3/b16-4+. The van der Waals surface area contributed by atoms with E-state index < -0.39 is 0 Å². The molecule has 0 aliphatic heterocycles. The minimum absolute atomic E-state index is 1.28. The fourth-order valence-corrected chi connectivity index (χ4v) is 2.21. The molecule has 0 saturated heterocycles. The lowest BCUT2D eigenvalue weighted by Gasteiger charge is -2.11. The van der Waals surface area contributed by atoms with E-state index in [0.717, 1.165) is 0 Å². The highest BCUT2D eigenvalue weighted by Gasteiger charge is 2.06. The van der Waals surface area contributed by atoms with Gasteiger partial charge in [-0.2, -0.15) is 0 Å². The van der Waals surface area contributed by atoms with Gasteiger partial charge in [0.2, 0.25) is 0 Å². The van der Waals surface area contributed by atoms with Crippen LogP contribution in [0.5, 0.6) is 0 Å². The molecule has 0 aromatic heterocycles. The van der Waals surface area contributed by atoms with Crippen molar-refractivity contribution in [3.05, 3.63) is 76.9 Å². The molecule has 0 fully saturated rings. The van der Waals surface area contributed by atoms with Crippen LogP contribution in [0.25, 0.3) is 5.57 Å². The molecule has 0 atom stereocenters. The first-order chi connectivity index (χ1) is 8.22. The number of hydrogen-bond acceptors (Lipinski definition) is 0. The second-order valence-electron chi connectivity index (χ2n) is 4.39. The van der Waals surface area contributed by atoms with Gasteiger partial charge in [0.05, 0.1) is 0 Å². The quantitative estimate of drug-likeness (QED) is 0.687. The van der Waals surface area contributed by atoms with Gasteiger partial charge in [-0.3, -0.25) is 0 Å². The Hall–Kier alpha value is -1.82. The van der Waals surface area contributed by atoms with Crippen molar-refractivity contribution in [3.8, 4) is 0 Å². The van der Waals surface area contributed by atoms with Gasteiger partial charge in [-0.05, 0) is 43.0 Å².